The molecule has 0 saturated heterocycles. The van der Waals surface area contributed by atoms with Gasteiger partial charge in [0.25, 0.3) is 0 Å². The molecule has 1 aromatic carbocycles. The van der Waals surface area contributed by atoms with E-state index in [9.17, 15) is 4.21 Å². The van der Waals surface area contributed by atoms with E-state index in [-0.39, 0.29) is 10.7 Å². The van der Waals surface area contributed by atoms with E-state index >= 15 is 0 Å². The highest BCUT2D eigenvalue weighted by atomic mass is 32.2. The van der Waals surface area contributed by atoms with Crippen molar-refractivity contribution in [3.8, 4) is 0 Å². The second-order valence-electron chi connectivity index (χ2n) is 6.21. The zero-order valence-corrected chi connectivity index (χ0v) is 13.2. The van der Waals surface area contributed by atoms with E-state index < -0.39 is 10.8 Å². The van der Waals surface area contributed by atoms with Gasteiger partial charge in [0.1, 0.15) is 0 Å². The topological polar surface area (TPSA) is 29.1 Å². The number of aryl methyl sites for hydroxylation is 1. The van der Waals surface area contributed by atoms with Crippen LogP contribution in [-0.4, -0.2) is 22.0 Å². The van der Waals surface area contributed by atoms with Crippen molar-refractivity contribution in [3.05, 3.63) is 29.8 Å². The quantitative estimate of drug-likeness (QED) is 0.916. The molecule has 0 radical (unpaired) electrons. The van der Waals surface area contributed by atoms with Gasteiger partial charge in [-0.2, -0.15) is 0 Å². The first-order valence-electron chi connectivity index (χ1n) is 7.16. The molecule has 0 bridgehead atoms. The molecule has 0 spiro atoms. The molecule has 2 nitrogen and oxygen atoms in total. The van der Waals surface area contributed by atoms with E-state index in [1.165, 1.54) is 5.56 Å². The minimum atomic E-state index is -0.910. The minimum absolute atomic E-state index is 0.233. The summed E-state index contributed by atoms with van der Waals surface area (Å²) in [6.45, 7) is 9.69. The fourth-order valence-corrected chi connectivity index (χ4v) is 5.02. The number of hydrogen-bond donors (Lipinski definition) is 1. The van der Waals surface area contributed by atoms with Gasteiger partial charge in [0, 0.05) is 10.9 Å². The maximum atomic E-state index is 12.8. The van der Waals surface area contributed by atoms with E-state index in [1.807, 2.05) is 12.1 Å². The third-order valence-electron chi connectivity index (χ3n) is 4.21. The molecule has 0 aromatic heterocycles. The summed E-state index contributed by atoms with van der Waals surface area (Å²) < 4.78 is 12.8. The third-order valence-corrected chi connectivity index (χ3v) is 5.98. The average Bonchev–Trinajstić information content (AvgIpc) is 2.65. The third kappa shape index (κ3) is 3.09. The fourth-order valence-electron chi connectivity index (χ4n) is 3.11. The highest BCUT2D eigenvalue weighted by Gasteiger charge is 2.44. The van der Waals surface area contributed by atoms with Crippen LogP contribution >= 0.6 is 0 Å². The largest absolute Gasteiger partial charge is 0.313 e. The molecular formula is C16H25NOS. The number of nitrogens with one attached hydrogen (secondary N) is 1. The lowest BCUT2D eigenvalue weighted by Gasteiger charge is -2.31. The predicted molar refractivity (Wildman–Crippen MR) is 81.9 cm³/mol. The Hall–Kier alpha value is -0.670. The molecule has 106 valence electrons. The van der Waals surface area contributed by atoms with Crippen LogP contribution in [0.1, 0.15) is 39.2 Å². The van der Waals surface area contributed by atoms with Gasteiger partial charge in [0.2, 0.25) is 0 Å². The van der Waals surface area contributed by atoms with Crippen molar-refractivity contribution < 1.29 is 4.21 Å². The number of rotatable bonds is 4. The van der Waals surface area contributed by atoms with Crippen LogP contribution < -0.4 is 5.32 Å². The lowest BCUT2D eigenvalue weighted by Crippen LogP contribution is -2.46. The van der Waals surface area contributed by atoms with Gasteiger partial charge in [0.15, 0.2) is 0 Å². The molecule has 0 amide bonds. The Balaban J connectivity index is 2.23. The molecule has 3 unspecified atom stereocenters. The Morgan fingerprint density at radius 3 is 2.79 bits per heavy atom. The van der Waals surface area contributed by atoms with Gasteiger partial charge in [-0.15, -0.1) is 0 Å². The van der Waals surface area contributed by atoms with E-state index in [0.717, 1.165) is 24.3 Å². The Bertz CT molecular complexity index is 470. The van der Waals surface area contributed by atoms with Gasteiger partial charge in [-0.25, -0.2) is 0 Å². The molecule has 0 heterocycles. The first-order valence-corrected chi connectivity index (χ1v) is 8.37. The van der Waals surface area contributed by atoms with Crippen LogP contribution in [0.15, 0.2) is 29.2 Å². The summed E-state index contributed by atoms with van der Waals surface area (Å²) in [6.07, 6.45) is 2.19. The molecule has 1 aliphatic carbocycles. The number of benzene rings is 1. The SMILES string of the molecule is CCNC1C(S(=O)c2cccc(C)c2)CCC1(C)C. The molecule has 19 heavy (non-hydrogen) atoms. The summed E-state index contributed by atoms with van der Waals surface area (Å²) in [5.41, 5.74) is 1.42. The van der Waals surface area contributed by atoms with Crippen molar-refractivity contribution in [1.82, 2.24) is 5.32 Å². The Kier molecular flexibility index (Phi) is 4.46. The normalized spacial score (nSPS) is 27.4. The molecule has 1 fully saturated rings. The van der Waals surface area contributed by atoms with E-state index in [2.05, 4.69) is 45.1 Å². The van der Waals surface area contributed by atoms with E-state index in [4.69, 9.17) is 0 Å². The smallest absolute Gasteiger partial charge is 0.0576 e. The fraction of sp³-hybridized carbons (Fsp3) is 0.625. The molecular weight excluding hydrogens is 254 g/mol. The lowest BCUT2D eigenvalue weighted by molar-refractivity contribution is 0.289. The summed E-state index contributed by atoms with van der Waals surface area (Å²) in [7, 11) is -0.910. The highest BCUT2D eigenvalue weighted by Crippen LogP contribution is 2.41. The van der Waals surface area contributed by atoms with Crippen LogP contribution in [0.5, 0.6) is 0 Å². The van der Waals surface area contributed by atoms with Gasteiger partial charge in [-0.3, -0.25) is 4.21 Å². The molecule has 1 aromatic rings. The standard InChI is InChI=1S/C16H25NOS/c1-5-17-15-14(9-10-16(15,3)4)19(18)13-8-6-7-12(2)11-13/h6-8,11,14-15,17H,5,9-10H2,1-4H3. The second-order valence-corrected chi connectivity index (χ2v) is 7.89. The molecule has 3 atom stereocenters. The zero-order valence-electron chi connectivity index (χ0n) is 12.4. The first kappa shape index (κ1) is 14.7. The van der Waals surface area contributed by atoms with Crippen molar-refractivity contribution in [2.24, 2.45) is 5.41 Å². The molecule has 3 heteroatoms. The molecule has 2 rings (SSSR count). The lowest BCUT2D eigenvalue weighted by atomic mass is 9.87. The molecule has 1 N–H and O–H groups in total. The van der Waals surface area contributed by atoms with Crippen LogP contribution in [0.4, 0.5) is 0 Å². The maximum Gasteiger partial charge on any atom is 0.0576 e. The van der Waals surface area contributed by atoms with Crippen LogP contribution in [-0.2, 0) is 10.8 Å². The summed E-state index contributed by atoms with van der Waals surface area (Å²) in [5, 5.41) is 3.79. The second kappa shape index (κ2) is 5.76. The van der Waals surface area contributed by atoms with Crippen molar-refractivity contribution in [3.63, 3.8) is 0 Å². The summed E-state index contributed by atoms with van der Waals surface area (Å²) in [4.78, 5) is 0.977. The van der Waals surface area contributed by atoms with Crippen LogP contribution in [0.25, 0.3) is 0 Å². The van der Waals surface area contributed by atoms with Crippen LogP contribution in [0.3, 0.4) is 0 Å². The van der Waals surface area contributed by atoms with E-state index in [0.29, 0.717) is 6.04 Å². The van der Waals surface area contributed by atoms with Crippen LogP contribution in [0, 0.1) is 12.3 Å². The minimum Gasteiger partial charge on any atom is -0.313 e. The Morgan fingerprint density at radius 2 is 2.16 bits per heavy atom. The van der Waals surface area contributed by atoms with E-state index in [1.54, 1.807) is 0 Å². The summed E-state index contributed by atoms with van der Waals surface area (Å²) >= 11 is 0. The predicted octanol–water partition coefficient (Wildman–Crippen LogP) is 3.27. The van der Waals surface area contributed by atoms with Gasteiger partial charge >= 0.3 is 0 Å². The Morgan fingerprint density at radius 1 is 1.42 bits per heavy atom. The molecule has 1 saturated carbocycles. The van der Waals surface area contributed by atoms with Crippen molar-refractivity contribution >= 4 is 10.8 Å². The van der Waals surface area contributed by atoms with Crippen molar-refractivity contribution in [1.29, 1.82) is 0 Å². The van der Waals surface area contributed by atoms with Crippen LogP contribution in [0.2, 0.25) is 0 Å². The van der Waals surface area contributed by atoms with Crippen molar-refractivity contribution in [2.75, 3.05) is 6.54 Å². The highest BCUT2D eigenvalue weighted by molar-refractivity contribution is 7.85. The van der Waals surface area contributed by atoms with Crippen molar-refractivity contribution in [2.45, 2.75) is 56.7 Å². The number of hydrogen-bond acceptors (Lipinski definition) is 2. The average molecular weight is 279 g/mol. The van der Waals surface area contributed by atoms with Gasteiger partial charge in [-0.1, -0.05) is 32.9 Å². The monoisotopic (exact) mass is 279 g/mol. The molecule has 1 aliphatic rings. The summed E-state index contributed by atoms with van der Waals surface area (Å²) in [6, 6.07) is 8.47. The van der Waals surface area contributed by atoms with Gasteiger partial charge < -0.3 is 5.32 Å². The first-order chi connectivity index (χ1) is 8.95. The zero-order chi connectivity index (χ0) is 14.0. The molecule has 0 aliphatic heterocycles. The van der Waals surface area contributed by atoms with Gasteiger partial charge in [-0.05, 0) is 49.4 Å². The van der Waals surface area contributed by atoms with Gasteiger partial charge in [0.05, 0.1) is 16.0 Å². The maximum absolute atomic E-state index is 12.8. The Labute approximate surface area is 119 Å². The summed E-state index contributed by atoms with van der Waals surface area (Å²) in [5.74, 6) is 0.